The molecule has 3 nitrogen and oxygen atoms in total. The Morgan fingerprint density at radius 1 is 1.27 bits per heavy atom. The maximum atomic E-state index is 5.74. The minimum absolute atomic E-state index is 0.683. The molecule has 3 N–H and O–H groups in total. The Morgan fingerprint density at radius 3 is 2.80 bits per heavy atom. The van der Waals surface area contributed by atoms with Gasteiger partial charge in [-0.05, 0) is 12.1 Å². The van der Waals surface area contributed by atoms with Gasteiger partial charge in [0.15, 0.2) is 12.2 Å². The van der Waals surface area contributed by atoms with Gasteiger partial charge in [-0.1, -0.05) is 0 Å². The molecule has 15 heavy (non-hydrogen) atoms. The van der Waals surface area contributed by atoms with E-state index in [-0.39, 0.29) is 0 Å². The van der Waals surface area contributed by atoms with Gasteiger partial charge in [0.1, 0.15) is 5.22 Å². The highest BCUT2D eigenvalue weighted by Crippen LogP contribution is 2.06. The fraction of sp³-hybridized carbons (Fsp3) is 0.417. The molecule has 1 fully saturated rings. The second-order valence-electron chi connectivity index (χ2n) is 4.34. The van der Waals surface area contributed by atoms with Crippen LogP contribution in [0.25, 0.3) is 6.20 Å². The van der Waals surface area contributed by atoms with Crippen LogP contribution in [0, 0.1) is 0 Å². The third-order valence-electron chi connectivity index (χ3n) is 3.31. The summed E-state index contributed by atoms with van der Waals surface area (Å²) in [7, 11) is 0. The zero-order valence-corrected chi connectivity index (χ0v) is 8.74. The highest BCUT2D eigenvalue weighted by atomic mass is 15.1. The number of nitrogen functional groups attached to an aromatic ring is 1. The van der Waals surface area contributed by atoms with Crippen LogP contribution in [0.5, 0.6) is 0 Å². The molecule has 0 bridgehead atoms. The fourth-order valence-corrected chi connectivity index (χ4v) is 2.45. The van der Waals surface area contributed by atoms with E-state index in [9.17, 15) is 0 Å². The highest BCUT2D eigenvalue weighted by molar-refractivity contribution is 5.44. The van der Waals surface area contributed by atoms with Crippen molar-refractivity contribution in [3.8, 4) is 0 Å². The molecule has 78 valence electrons. The van der Waals surface area contributed by atoms with Crippen LogP contribution in [0.2, 0.25) is 0 Å². The van der Waals surface area contributed by atoms with Crippen molar-refractivity contribution in [3.63, 3.8) is 0 Å². The Bertz CT molecular complexity index is 498. The molecule has 0 spiro atoms. The molecule has 3 rings (SSSR count). The fourth-order valence-electron chi connectivity index (χ4n) is 2.45. The first-order valence-corrected chi connectivity index (χ1v) is 5.58. The third kappa shape index (κ3) is 1.43. The van der Waals surface area contributed by atoms with Gasteiger partial charge in [-0.3, -0.25) is 0 Å². The van der Waals surface area contributed by atoms with E-state index in [1.165, 1.54) is 23.4 Å². The first-order chi connectivity index (χ1) is 7.34. The van der Waals surface area contributed by atoms with E-state index in [1.54, 1.807) is 0 Å². The molecule has 2 aliphatic heterocycles. The molecule has 0 amide bonds. The average Bonchev–Trinajstić information content (AvgIpc) is 2.24. The summed E-state index contributed by atoms with van der Waals surface area (Å²) in [4.78, 5) is 0. The normalized spacial score (nSPS) is 20.4. The number of nitrogens with two attached hydrogens (primary N) is 1. The second-order valence-corrected chi connectivity index (χ2v) is 4.34. The van der Waals surface area contributed by atoms with Crippen LogP contribution < -0.4 is 26.2 Å². The van der Waals surface area contributed by atoms with Gasteiger partial charge in [-0.15, -0.1) is 0 Å². The van der Waals surface area contributed by atoms with Crippen molar-refractivity contribution in [1.82, 2.24) is 9.89 Å². The Morgan fingerprint density at radius 2 is 2.07 bits per heavy atom. The molecule has 0 atom stereocenters. The molecule has 0 aliphatic carbocycles. The van der Waals surface area contributed by atoms with Crippen molar-refractivity contribution >= 4 is 11.9 Å². The van der Waals surface area contributed by atoms with E-state index in [2.05, 4.69) is 22.2 Å². The Hall–Kier alpha value is -1.35. The van der Waals surface area contributed by atoms with Crippen LogP contribution in [0.4, 0.5) is 5.69 Å². The van der Waals surface area contributed by atoms with Crippen molar-refractivity contribution < 1.29 is 0 Å². The zero-order chi connectivity index (χ0) is 10.3. The zero-order valence-electron chi connectivity index (χ0n) is 8.74. The highest BCUT2D eigenvalue weighted by Gasteiger charge is 2.26. The third-order valence-corrected chi connectivity index (χ3v) is 3.31. The number of rotatable bonds is 1. The summed E-state index contributed by atoms with van der Waals surface area (Å²) in [6.07, 6.45) is 4.70. The van der Waals surface area contributed by atoms with Gasteiger partial charge >= 0.3 is 0 Å². The maximum absolute atomic E-state index is 5.74. The summed E-state index contributed by atoms with van der Waals surface area (Å²) in [5, 5.41) is 6.02. The standard InChI is InChI=1S/C12H16N3/c13-10-1-2-12-9(7-10)8-15(12)11-3-5-14-6-4-11/h1-2,7-8,11,14H,3-6,13H2/q+1. The van der Waals surface area contributed by atoms with Crippen molar-refractivity contribution in [2.45, 2.75) is 18.9 Å². The van der Waals surface area contributed by atoms with Gasteiger partial charge in [-0.2, -0.15) is 4.58 Å². The summed E-state index contributed by atoms with van der Waals surface area (Å²) < 4.78 is 2.40. The Kier molecular flexibility index (Phi) is 1.99. The van der Waals surface area contributed by atoms with Crippen LogP contribution in [0.3, 0.4) is 0 Å². The number of piperidine rings is 1. The van der Waals surface area contributed by atoms with E-state index in [0.29, 0.717) is 6.04 Å². The smallest absolute Gasteiger partial charge is 0.218 e. The van der Waals surface area contributed by atoms with Crippen LogP contribution >= 0.6 is 0 Å². The molecular formula is C12H16N3+. The molecule has 2 heterocycles. The molecule has 3 heteroatoms. The number of nitrogens with zero attached hydrogens (tertiary/aromatic N) is 1. The second kappa shape index (κ2) is 3.35. The van der Waals surface area contributed by atoms with E-state index in [4.69, 9.17) is 5.73 Å². The SMILES string of the molecule is Nc1ccc2c(c1)=C[N+]=2C1CCNCC1. The maximum Gasteiger partial charge on any atom is 0.218 e. The Balaban J connectivity index is 1.97. The number of anilines is 1. The van der Waals surface area contributed by atoms with Crippen LogP contribution in [0.15, 0.2) is 18.2 Å². The monoisotopic (exact) mass is 202 g/mol. The lowest BCUT2D eigenvalue weighted by molar-refractivity contribution is 0.387. The molecule has 0 aromatic heterocycles. The van der Waals surface area contributed by atoms with Crippen molar-refractivity contribution in [2.24, 2.45) is 0 Å². The number of hydrogen-bond acceptors (Lipinski definition) is 2. The van der Waals surface area contributed by atoms with Crippen molar-refractivity contribution in [2.75, 3.05) is 18.8 Å². The predicted molar refractivity (Wildman–Crippen MR) is 61.7 cm³/mol. The lowest BCUT2D eigenvalue weighted by Crippen LogP contribution is -2.53. The lowest BCUT2D eigenvalue weighted by Gasteiger charge is -2.21. The van der Waals surface area contributed by atoms with Gasteiger partial charge in [0, 0.05) is 37.7 Å². The van der Waals surface area contributed by atoms with E-state index in [1.807, 2.05) is 12.1 Å². The summed E-state index contributed by atoms with van der Waals surface area (Å²) in [5.74, 6) is 0. The summed E-state index contributed by atoms with van der Waals surface area (Å²) in [6, 6.07) is 6.85. The molecule has 1 aromatic carbocycles. The predicted octanol–water partition coefficient (Wildman–Crippen LogP) is -0.736. The number of hydrogen-bond donors (Lipinski definition) is 2. The molecule has 1 saturated heterocycles. The number of nitrogens with one attached hydrogen (secondary N) is 1. The summed E-state index contributed by atoms with van der Waals surface area (Å²) in [6.45, 7) is 2.28. The van der Waals surface area contributed by atoms with Gasteiger partial charge < -0.3 is 11.1 Å². The van der Waals surface area contributed by atoms with Gasteiger partial charge in [-0.25, -0.2) is 0 Å². The lowest BCUT2D eigenvalue weighted by atomic mass is 10.0. The molecule has 2 aliphatic rings. The van der Waals surface area contributed by atoms with Crippen molar-refractivity contribution in [3.05, 3.63) is 28.8 Å². The van der Waals surface area contributed by atoms with Gasteiger partial charge in [0.2, 0.25) is 5.36 Å². The molecule has 0 radical (unpaired) electrons. The molecular weight excluding hydrogens is 186 g/mol. The van der Waals surface area contributed by atoms with Crippen LogP contribution in [-0.4, -0.2) is 19.1 Å². The van der Waals surface area contributed by atoms with E-state index in [0.717, 1.165) is 18.8 Å². The van der Waals surface area contributed by atoms with E-state index >= 15 is 0 Å². The van der Waals surface area contributed by atoms with Crippen LogP contribution in [-0.2, 0) is 0 Å². The largest absolute Gasteiger partial charge is 0.399 e. The molecule has 0 unspecified atom stereocenters. The molecule has 0 saturated carbocycles. The van der Waals surface area contributed by atoms with Crippen LogP contribution in [0.1, 0.15) is 12.8 Å². The number of benzene rings is 1. The first kappa shape index (κ1) is 8.92. The summed E-state index contributed by atoms with van der Waals surface area (Å²) in [5.41, 5.74) is 6.59. The first-order valence-electron chi connectivity index (χ1n) is 5.58. The topological polar surface area (TPSA) is 41.1 Å². The average molecular weight is 202 g/mol. The van der Waals surface area contributed by atoms with Gasteiger partial charge in [0.05, 0.1) is 0 Å². The quantitative estimate of drug-likeness (QED) is 0.465. The van der Waals surface area contributed by atoms with Crippen molar-refractivity contribution in [1.29, 1.82) is 0 Å². The molecule has 1 aromatic rings. The minimum atomic E-state index is 0.683. The summed E-state index contributed by atoms with van der Waals surface area (Å²) >= 11 is 0. The van der Waals surface area contributed by atoms with Gasteiger partial charge in [0.25, 0.3) is 0 Å². The minimum Gasteiger partial charge on any atom is -0.399 e. The van der Waals surface area contributed by atoms with E-state index < -0.39 is 0 Å². The Labute approximate surface area is 88.9 Å². The number of fused-ring (bicyclic) bond motifs is 1.